The molecule has 0 atom stereocenters. The Hall–Kier alpha value is -3.03. The lowest BCUT2D eigenvalue weighted by atomic mass is 10.1. The van der Waals surface area contributed by atoms with Crippen LogP contribution in [0.15, 0.2) is 41.4 Å². The van der Waals surface area contributed by atoms with Crippen LogP contribution >= 0.6 is 0 Å². The molecule has 1 amide bonds. The minimum absolute atomic E-state index is 0.0538. The van der Waals surface area contributed by atoms with E-state index in [0.717, 1.165) is 18.2 Å². The van der Waals surface area contributed by atoms with Crippen LogP contribution in [-0.2, 0) is 6.54 Å². The number of nitrogens with zero attached hydrogens (tertiary/aromatic N) is 1. The van der Waals surface area contributed by atoms with Gasteiger partial charge in [-0.1, -0.05) is 6.07 Å². The van der Waals surface area contributed by atoms with Crippen LogP contribution in [0, 0.1) is 24.4 Å². The maximum Gasteiger partial charge on any atom is 0.251 e. The molecule has 0 aliphatic rings. The third kappa shape index (κ3) is 6.02. The Labute approximate surface area is 155 Å². The van der Waals surface area contributed by atoms with E-state index in [-0.39, 0.29) is 30.1 Å². The van der Waals surface area contributed by atoms with E-state index in [1.165, 1.54) is 13.1 Å². The number of hydrogen-bond donors (Lipinski definition) is 3. The van der Waals surface area contributed by atoms with Gasteiger partial charge in [0.05, 0.1) is 0 Å². The molecule has 0 aromatic heterocycles. The highest BCUT2D eigenvalue weighted by atomic mass is 19.1. The highest BCUT2D eigenvalue weighted by molar-refractivity contribution is 5.94. The van der Waals surface area contributed by atoms with Crippen molar-refractivity contribution in [2.24, 2.45) is 4.99 Å². The molecule has 0 heterocycles. The predicted octanol–water partition coefficient (Wildman–Crippen LogP) is 2.51. The number of nitrogens with one attached hydrogen (secondary N) is 3. The minimum Gasteiger partial charge on any atom is -0.355 e. The van der Waals surface area contributed by atoms with Crippen molar-refractivity contribution in [1.29, 1.82) is 0 Å². The topological polar surface area (TPSA) is 65.5 Å². The van der Waals surface area contributed by atoms with Gasteiger partial charge in [0, 0.05) is 37.8 Å². The SMILES string of the molecule is CN=C(NCCNC(=O)c1ccc(C)c(F)c1)NCc1cc(F)ccc1F. The second-order valence-electron chi connectivity index (χ2n) is 5.81. The fourth-order valence-electron chi connectivity index (χ4n) is 2.27. The van der Waals surface area contributed by atoms with Gasteiger partial charge in [0.1, 0.15) is 17.5 Å². The first-order valence-electron chi connectivity index (χ1n) is 8.33. The van der Waals surface area contributed by atoms with Crippen molar-refractivity contribution in [3.05, 3.63) is 70.5 Å². The summed E-state index contributed by atoms with van der Waals surface area (Å²) in [5.74, 6) is -1.49. The first-order chi connectivity index (χ1) is 12.9. The standard InChI is InChI=1S/C19H21F3N4O/c1-12-3-4-13(10-17(12)22)18(27)24-7-8-25-19(23-2)26-11-14-9-15(20)5-6-16(14)21/h3-6,9-10H,7-8,11H2,1-2H3,(H,24,27)(H2,23,25,26). The summed E-state index contributed by atoms with van der Waals surface area (Å²) < 4.78 is 40.2. The van der Waals surface area contributed by atoms with Crippen molar-refractivity contribution in [3.63, 3.8) is 0 Å². The molecule has 0 bridgehead atoms. The zero-order valence-corrected chi connectivity index (χ0v) is 15.1. The van der Waals surface area contributed by atoms with Crippen LogP contribution in [0.4, 0.5) is 13.2 Å². The van der Waals surface area contributed by atoms with Gasteiger partial charge in [0.15, 0.2) is 5.96 Å². The number of aliphatic imine (C=N–C) groups is 1. The summed E-state index contributed by atoms with van der Waals surface area (Å²) in [7, 11) is 1.53. The largest absolute Gasteiger partial charge is 0.355 e. The predicted molar refractivity (Wildman–Crippen MR) is 98.0 cm³/mol. The van der Waals surface area contributed by atoms with Gasteiger partial charge in [-0.2, -0.15) is 0 Å². The fourth-order valence-corrected chi connectivity index (χ4v) is 2.27. The molecule has 2 rings (SSSR count). The zero-order chi connectivity index (χ0) is 19.8. The Morgan fingerprint density at radius 2 is 1.70 bits per heavy atom. The molecule has 0 fully saturated rings. The second kappa shape index (κ2) is 9.61. The number of amides is 1. The lowest BCUT2D eigenvalue weighted by Crippen LogP contribution is -2.41. The average Bonchev–Trinajstić information content (AvgIpc) is 2.65. The van der Waals surface area contributed by atoms with E-state index >= 15 is 0 Å². The molecule has 27 heavy (non-hydrogen) atoms. The third-order valence-corrected chi connectivity index (χ3v) is 3.81. The van der Waals surface area contributed by atoms with Crippen molar-refractivity contribution in [3.8, 4) is 0 Å². The molecule has 0 saturated heterocycles. The molecular formula is C19H21F3N4O. The summed E-state index contributed by atoms with van der Waals surface area (Å²) >= 11 is 0. The van der Waals surface area contributed by atoms with Crippen LogP contribution in [0.25, 0.3) is 0 Å². The molecule has 2 aromatic rings. The van der Waals surface area contributed by atoms with Crippen molar-refractivity contribution in [1.82, 2.24) is 16.0 Å². The van der Waals surface area contributed by atoms with Crippen LogP contribution in [-0.4, -0.2) is 32.0 Å². The Balaban J connectivity index is 1.76. The van der Waals surface area contributed by atoms with E-state index < -0.39 is 17.5 Å². The molecule has 8 heteroatoms. The highest BCUT2D eigenvalue weighted by Gasteiger charge is 2.08. The second-order valence-corrected chi connectivity index (χ2v) is 5.81. The van der Waals surface area contributed by atoms with E-state index in [1.807, 2.05) is 0 Å². The van der Waals surface area contributed by atoms with Crippen molar-refractivity contribution < 1.29 is 18.0 Å². The summed E-state index contributed by atoms with van der Waals surface area (Å²) in [5.41, 5.74) is 0.882. The first kappa shape index (κ1) is 20.3. The van der Waals surface area contributed by atoms with E-state index in [0.29, 0.717) is 18.1 Å². The molecule has 144 valence electrons. The van der Waals surface area contributed by atoms with Crippen LogP contribution in [0.3, 0.4) is 0 Å². The maximum atomic E-state index is 13.6. The average molecular weight is 378 g/mol. The minimum atomic E-state index is -0.522. The Morgan fingerprint density at radius 1 is 0.963 bits per heavy atom. The number of halogens is 3. The van der Waals surface area contributed by atoms with E-state index in [1.54, 1.807) is 19.1 Å². The molecule has 0 radical (unpaired) electrons. The Kier molecular flexibility index (Phi) is 7.22. The van der Waals surface area contributed by atoms with Gasteiger partial charge in [-0.05, 0) is 42.8 Å². The van der Waals surface area contributed by atoms with E-state index in [9.17, 15) is 18.0 Å². The molecule has 0 aliphatic heterocycles. The number of guanidine groups is 1. The van der Waals surface area contributed by atoms with Gasteiger partial charge in [-0.25, -0.2) is 13.2 Å². The van der Waals surface area contributed by atoms with Crippen LogP contribution in [0.1, 0.15) is 21.5 Å². The monoisotopic (exact) mass is 378 g/mol. The quantitative estimate of drug-likeness (QED) is 0.411. The third-order valence-electron chi connectivity index (χ3n) is 3.81. The molecule has 3 N–H and O–H groups in total. The zero-order valence-electron chi connectivity index (χ0n) is 15.1. The molecule has 0 unspecified atom stereocenters. The number of carbonyl (C=O) groups is 1. The molecule has 0 saturated carbocycles. The molecule has 0 spiro atoms. The van der Waals surface area contributed by atoms with Gasteiger partial charge in [-0.3, -0.25) is 9.79 Å². The lowest BCUT2D eigenvalue weighted by Gasteiger charge is -2.13. The Bertz CT molecular complexity index is 840. The van der Waals surface area contributed by atoms with Gasteiger partial charge < -0.3 is 16.0 Å². The molecule has 2 aromatic carbocycles. The summed E-state index contributed by atoms with van der Waals surface area (Å²) in [6.45, 7) is 2.28. The van der Waals surface area contributed by atoms with Crippen molar-refractivity contribution >= 4 is 11.9 Å². The smallest absolute Gasteiger partial charge is 0.251 e. The highest BCUT2D eigenvalue weighted by Crippen LogP contribution is 2.09. The van der Waals surface area contributed by atoms with Crippen molar-refractivity contribution in [2.75, 3.05) is 20.1 Å². The van der Waals surface area contributed by atoms with Crippen molar-refractivity contribution in [2.45, 2.75) is 13.5 Å². The number of hydrogen-bond acceptors (Lipinski definition) is 2. The first-order valence-corrected chi connectivity index (χ1v) is 8.33. The summed E-state index contributed by atoms with van der Waals surface area (Å²) in [4.78, 5) is 15.9. The van der Waals surface area contributed by atoms with Crippen LogP contribution < -0.4 is 16.0 Å². The fraction of sp³-hybridized carbons (Fsp3) is 0.263. The normalized spacial score (nSPS) is 11.2. The maximum absolute atomic E-state index is 13.6. The van der Waals surface area contributed by atoms with Crippen LogP contribution in [0.5, 0.6) is 0 Å². The van der Waals surface area contributed by atoms with Crippen LogP contribution in [0.2, 0.25) is 0 Å². The number of benzene rings is 2. The number of rotatable bonds is 6. The molecule has 0 aliphatic carbocycles. The molecule has 5 nitrogen and oxygen atoms in total. The van der Waals surface area contributed by atoms with Gasteiger partial charge >= 0.3 is 0 Å². The number of carbonyl (C=O) groups excluding carboxylic acids is 1. The van der Waals surface area contributed by atoms with Gasteiger partial charge in [-0.15, -0.1) is 0 Å². The summed E-state index contributed by atoms with van der Waals surface area (Å²) in [5, 5.41) is 8.45. The van der Waals surface area contributed by atoms with Gasteiger partial charge in [0.25, 0.3) is 5.91 Å². The summed E-state index contributed by atoms with van der Waals surface area (Å²) in [6, 6.07) is 7.50. The lowest BCUT2D eigenvalue weighted by molar-refractivity contribution is 0.0954. The molecular weight excluding hydrogens is 357 g/mol. The number of aryl methyl sites for hydroxylation is 1. The Morgan fingerprint density at radius 3 is 2.41 bits per heavy atom. The van der Waals surface area contributed by atoms with E-state index in [4.69, 9.17) is 0 Å². The van der Waals surface area contributed by atoms with E-state index in [2.05, 4.69) is 20.9 Å². The summed E-state index contributed by atoms with van der Waals surface area (Å²) in [6.07, 6.45) is 0. The van der Waals surface area contributed by atoms with Gasteiger partial charge in [0.2, 0.25) is 0 Å².